The van der Waals surface area contributed by atoms with Crippen molar-refractivity contribution in [2.75, 3.05) is 47.5 Å². The first-order valence-electron chi connectivity index (χ1n) is 36.5. The van der Waals surface area contributed by atoms with E-state index in [9.17, 15) is 19.5 Å². The highest BCUT2D eigenvalue weighted by Crippen LogP contribution is 2.19. The first-order valence-corrected chi connectivity index (χ1v) is 36.5. The van der Waals surface area contributed by atoms with Crippen LogP contribution in [0.2, 0.25) is 0 Å². The Morgan fingerprint density at radius 2 is 0.671 bits per heavy atom. The fourth-order valence-electron chi connectivity index (χ4n) is 10.7. The lowest BCUT2D eigenvalue weighted by Crippen LogP contribution is -2.40. The zero-order chi connectivity index (χ0) is 61.9. The van der Waals surface area contributed by atoms with Crippen molar-refractivity contribution in [3.8, 4) is 0 Å². The SMILES string of the molecule is CC/C=C\C/C=C\C/C=C\C/C=C\CCCCCCCCCCCCCCCCCCCCCCCCC(=O)OC(COC(=O)CCCCCCCCCCCCCCC/C=C\CCCCCCCCCC)COC(OCC[N+](C)(C)C)C(=O)O. The Hall–Kier alpha value is -3.01. The van der Waals surface area contributed by atoms with Crippen LogP contribution in [-0.2, 0) is 33.3 Å². The summed E-state index contributed by atoms with van der Waals surface area (Å²) in [5.74, 6) is -1.98. The van der Waals surface area contributed by atoms with E-state index >= 15 is 0 Å². The largest absolute Gasteiger partial charge is 0.477 e. The van der Waals surface area contributed by atoms with Gasteiger partial charge in [-0.2, -0.15) is 0 Å². The highest BCUT2D eigenvalue weighted by atomic mass is 16.7. The van der Waals surface area contributed by atoms with E-state index in [4.69, 9.17) is 18.9 Å². The van der Waals surface area contributed by atoms with Gasteiger partial charge in [-0.3, -0.25) is 9.59 Å². The molecule has 0 aromatic carbocycles. The van der Waals surface area contributed by atoms with Crippen molar-refractivity contribution in [1.29, 1.82) is 0 Å². The van der Waals surface area contributed by atoms with E-state index in [-0.39, 0.29) is 38.2 Å². The number of likely N-dealkylation sites (N-methyl/N-ethyl adjacent to an activating group) is 1. The normalized spacial score (nSPS) is 13.0. The van der Waals surface area contributed by atoms with Crippen molar-refractivity contribution in [3.63, 3.8) is 0 Å². The van der Waals surface area contributed by atoms with Gasteiger partial charge in [0.25, 0.3) is 6.29 Å². The number of carboxylic acids is 1. The van der Waals surface area contributed by atoms with E-state index in [1.807, 2.05) is 21.1 Å². The number of nitrogens with zero attached hydrogens (tertiary/aromatic N) is 1. The summed E-state index contributed by atoms with van der Waals surface area (Å²) in [4.78, 5) is 37.6. The highest BCUT2D eigenvalue weighted by molar-refractivity contribution is 5.71. The number of quaternary nitrogens is 1. The van der Waals surface area contributed by atoms with Gasteiger partial charge >= 0.3 is 17.9 Å². The number of carboxylic acid groups (broad SMARTS) is 1. The molecule has 0 radical (unpaired) electrons. The van der Waals surface area contributed by atoms with Gasteiger partial charge in [0.1, 0.15) is 13.2 Å². The second-order valence-corrected chi connectivity index (χ2v) is 25.9. The summed E-state index contributed by atoms with van der Waals surface area (Å²) in [5, 5.41) is 9.75. The second-order valence-electron chi connectivity index (χ2n) is 25.9. The number of rotatable bonds is 68. The second kappa shape index (κ2) is 66.9. The number of allylic oxidation sites excluding steroid dienone is 10. The highest BCUT2D eigenvalue weighted by Gasteiger charge is 2.25. The predicted octanol–water partition coefficient (Wildman–Crippen LogP) is 22.7. The molecule has 496 valence electrons. The third-order valence-corrected chi connectivity index (χ3v) is 16.3. The van der Waals surface area contributed by atoms with Gasteiger partial charge in [0.15, 0.2) is 6.10 Å². The molecule has 0 aliphatic carbocycles. The van der Waals surface area contributed by atoms with Crippen LogP contribution in [0.3, 0.4) is 0 Å². The summed E-state index contributed by atoms with van der Waals surface area (Å²) in [6.07, 6.45) is 84.9. The van der Waals surface area contributed by atoms with Gasteiger partial charge in [-0.15, -0.1) is 0 Å². The Balaban J connectivity index is 4.03. The molecular weight excluding hydrogens is 1050 g/mol. The number of esters is 2. The van der Waals surface area contributed by atoms with Crippen LogP contribution >= 0.6 is 0 Å². The van der Waals surface area contributed by atoms with E-state index in [0.717, 1.165) is 64.2 Å². The molecule has 2 unspecified atom stereocenters. The lowest BCUT2D eigenvalue weighted by molar-refractivity contribution is -0.870. The quantitative estimate of drug-likeness (QED) is 0.0211. The van der Waals surface area contributed by atoms with Gasteiger partial charge in [-0.25, -0.2) is 4.79 Å². The van der Waals surface area contributed by atoms with Crippen LogP contribution < -0.4 is 0 Å². The molecule has 0 aliphatic rings. The minimum absolute atomic E-state index is 0.178. The van der Waals surface area contributed by atoms with Crippen LogP contribution in [0.15, 0.2) is 60.8 Å². The Kier molecular flexibility index (Phi) is 64.6. The molecule has 0 amide bonds. The molecule has 85 heavy (non-hydrogen) atoms. The Morgan fingerprint density at radius 3 is 1.01 bits per heavy atom. The van der Waals surface area contributed by atoms with Crippen LogP contribution in [0.1, 0.15) is 348 Å². The Bertz CT molecular complexity index is 1580. The zero-order valence-electron chi connectivity index (χ0n) is 56.8. The molecule has 1 N–H and O–H groups in total. The fourth-order valence-corrected chi connectivity index (χ4v) is 10.7. The van der Waals surface area contributed by atoms with Gasteiger partial charge in [-0.05, 0) is 77.0 Å². The molecule has 0 bridgehead atoms. The fraction of sp³-hybridized carbons (Fsp3) is 0.829. The minimum atomic E-state index is -1.51. The summed E-state index contributed by atoms with van der Waals surface area (Å²) < 4.78 is 23.0. The first kappa shape index (κ1) is 82.0. The molecule has 9 heteroatoms. The molecule has 9 nitrogen and oxygen atoms in total. The smallest absolute Gasteiger partial charge is 0.361 e. The van der Waals surface area contributed by atoms with Gasteiger partial charge < -0.3 is 28.5 Å². The van der Waals surface area contributed by atoms with Crippen molar-refractivity contribution in [2.45, 2.75) is 360 Å². The summed E-state index contributed by atoms with van der Waals surface area (Å²) >= 11 is 0. The molecular formula is C76H140NO8+. The van der Waals surface area contributed by atoms with Crippen LogP contribution in [0, 0.1) is 0 Å². The topological polar surface area (TPSA) is 108 Å². The molecule has 0 aromatic rings. The minimum Gasteiger partial charge on any atom is -0.477 e. The Morgan fingerprint density at radius 1 is 0.365 bits per heavy atom. The number of unbranched alkanes of at least 4 members (excludes halogenated alkanes) is 43. The van der Waals surface area contributed by atoms with Crippen molar-refractivity contribution < 1.29 is 42.9 Å². The monoisotopic (exact) mass is 1200 g/mol. The van der Waals surface area contributed by atoms with Crippen molar-refractivity contribution >= 4 is 17.9 Å². The van der Waals surface area contributed by atoms with E-state index in [1.54, 1.807) is 0 Å². The molecule has 0 saturated carbocycles. The van der Waals surface area contributed by atoms with Crippen molar-refractivity contribution in [3.05, 3.63) is 60.8 Å². The molecule has 2 atom stereocenters. The van der Waals surface area contributed by atoms with E-state index in [0.29, 0.717) is 17.4 Å². The van der Waals surface area contributed by atoms with Crippen molar-refractivity contribution in [2.24, 2.45) is 0 Å². The van der Waals surface area contributed by atoms with E-state index < -0.39 is 18.4 Å². The molecule has 0 saturated heterocycles. The lowest BCUT2D eigenvalue weighted by Gasteiger charge is -2.25. The van der Waals surface area contributed by atoms with Crippen LogP contribution in [0.4, 0.5) is 0 Å². The average molecular weight is 1200 g/mol. The van der Waals surface area contributed by atoms with Gasteiger partial charge in [-0.1, -0.05) is 319 Å². The van der Waals surface area contributed by atoms with Gasteiger partial charge in [0.2, 0.25) is 0 Å². The van der Waals surface area contributed by atoms with Crippen LogP contribution in [0.25, 0.3) is 0 Å². The maximum Gasteiger partial charge on any atom is 0.361 e. The zero-order valence-corrected chi connectivity index (χ0v) is 56.8. The summed E-state index contributed by atoms with van der Waals surface area (Å²) in [5.41, 5.74) is 0. The van der Waals surface area contributed by atoms with Gasteiger partial charge in [0.05, 0.1) is 34.4 Å². The maximum absolute atomic E-state index is 13.0. The molecule has 0 aromatic heterocycles. The molecule has 0 rings (SSSR count). The predicted molar refractivity (Wildman–Crippen MR) is 364 cm³/mol. The van der Waals surface area contributed by atoms with Crippen LogP contribution in [-0.4, -0.2) is 87.4 Å². The first-order chi connectivity index (χ1) is 41.6. The standard InChI is InChI=1S/C76H139NO8/c1-6-8-10-12-14-16-18-20-22-24-26-28-30-32-33-34-35-36-37-38-39-40-41-43-45-47-49-51-53-55-57-59-61-63-65-67-74(79)85-72(71-84-76(75(80)81)82-69-68-77(3,4)5)70-83-73(78)66-64-62-60-58-56-54-52-50-48-46-44-42-31-29-27-25-23-21-19-17-15-13-11-9-7-2/h8,10,14,16,20,22,25-28,72,76H,6-7,9,11-13,15,17-19,21,23-24,29-71H2,1-5H3/p+1/b10-8-,16-14-,22-20-,27-25-,28-26-. The summed E-state index contributed by atoms with van der Waals surface area (Å²) in [6, 6.07) is 0. The van der Waals surface area contributed by atoms with Gasteiger partial charge in [0, 0.05) is 12.8 Å². The summed E-state index contributed by atoms with van der Waals surface area (Å²) in [6.45, 7) is 4.82. The third kappa shape index (κ3) is 68.3. The number of carbonyl (C=O) groups excluding carboxylic acids is 2. The number of hydrogen-bond donors (Lipinski definition) is 1. The van der Waals surface area contributed by atoms with E-state index in [1.165, 1.54) is 257 Å². The average Bonchev–Trinajstić information content (AvgIpc) is 3.48. The maximum atomic E-state index is 13.0. The molecule has 0 spiro atoms. The number of ether oxygens (including phenoxy) is 4. The lowest BCUT2D eigenvalue weighted by atomic mass is 10.0. The molecule has 0 fully saturated rings. The Labute approximate surface area is 526 Å². The molecule has 0 aliphatic heterocycles. The summed E-state index contributed by atoms with van der Waals surface area (Å²) in [7, 11) is 5.99. The van der Waals surface area contributed by atoms with Crippen molar-refractivity contribution in [1.82, 2.24) is 0 Å². The van der Waals surface area contributed by atoms with Crippen LogP contribution in [0.5, 0.6) is 0 Å². The molecule has 0 heterocycles. The number of hydrogen-bond acceptors (Lipinski definition) is 7. The number of carbonyl (C=O) groups is 3. The van der Waals surface area contributed by atoms with E-state index in [2.05, 4.69) is 74.6 Å². The third-order valence-electron chi connectivity index (χ3n) is 16.3. The number of aliphatic carboxylic acids is 1.